The molecule has 0 fully saturated rings. The number of ether oxygens (including phenoxy) is 2. The number of aliphatic carboxylic acids is 1. The van der Waals surface area contributed by atoms with Gasteiger partial charge in [0.1, 0.15) is 11.4 Å². The minimum absolute atomic E-state index is 0.0630. The Balaban J connectivity index is 2.09. The molecule has 0 spiro atoms. The number of rotatable bonds is 5. The zero-order chi connectivity index (χ0) is 18.6. The molecule has 0 bridgehead atoms. The van der Waals surface area contributed by atoms with Gasteiger partial charge in [0.15, 0.2) is 6.61 Å². The molecule has 136 valence electrons. The number of carbonyl (C=O) groups excluding carboxylic acids is 2. The Bertz CT molecular complexity index is 680. The summed E-state index contributed by atoms with van der Waals surface area (Å²) in [4.78, 5) is 35.9. The number of carboxylic acids is 1. The number of hydrogen-bond donors (Lipinski definition) is 2. The van der Waals surface area contributed by atoms with E-state index in [1.54, 1.807) is 39.0 Å². The average Bonchev–Trinajstić information content (AvgIpc) is 2.50. The van der Waals surface area contributed by atoms with Crippen LogP contribution in [0.1, 0.15) is 32.8 Å². The van der Waals surface area contributed by atoms with Crippen LogP contribution in [0, 0.1) is 0 Å². The first-order chi connectivity index (χ1) is 11.7. The van der Waals surface area contributed by atoms with Crippen molar-refractivity contribution in [3.8, 4) is 5.75 Å². The van der Waals surface area contributed by atoms with Crippen LogP contribution in [0.4, 0.5) is 10.5 Å². The van der Waals surface area contributed by atoms with Gasteiger partial charge in [0, 0.05) is 13.1 Å². The molecule has 0 saturated heterocycles. The van der Waals surface area contributed by atoms with E-state index in [2.05, 4.69) is 5.32 Å². The van der Waals surface area contributed by atoms with Gasteiger partial charge in [-0.2, -0.15) is 0 Å². The molecular formula is C17H22N2O6. The van der Waals surface area contributed by atoms with Gasteiger partial charge in [-0.3, -0.25) is 9.59 Å². The number of alkyl carbamates (subject to hydrolysis) is 1. The third-order valence-electron chi connectivity index (χ3n) is 3.35. The van der Waals surface area contributed by atoms with Crippen molar-refractivity contribution in [1.29, 1.82) is 0 Å². The third-order valence-corrected chi connectivity index (χ3v) is 3.35. The Morgan fingerprint density at radius 3 is 2.72 bits per heavy atom. The van der Waals surface area contributed by atoms with Crippen LogP contribution >= 0.6 is 0 Å². The number of carboxylic acid groups (broad SMARTS) is 1. The molecule has 0 aromatic heterocycles. The lowest BCUT2D eigenvalue weighted by Gasteiger charge is -2.29. The maximum Gasteiger partial charge on any atom is 0.407 e. The highest BCUT2D eigenvalue weighted by Crippen LogP contribution is 2.33. The van der Waals surface area contributed by atoms with E-state index >= 15 is 0 Å². The number of amides is 2. The molecule has 1 aliphatic rings. The quantitative estimate of drug-likeness (QED) is 0.840. The van der Waals surface area contributed by atoms with Crippen molar-refractivity contribution in [3.05, 3.63) is 23.8 Å². The van der Waals surface area contributed by atoms with Crippen molar-refractivity contribution in [2.45, 2.75) is 39.3 Å². The second kappa shape index (κ2) is 7.42. The number of anilines is 1. The number of nitrogens with one attached hydrogen (secondary N) is 1. The van der Waals surface area contributed by atoms with Gasteiger partial charge in [0.05, 0.1) is 12.1 Å². The Kier molecular flexibility index (Phi) is 5.51. The van der Waals surface area contributed by atoms with Gasteiger partial charge in [-0.05, 0) is 38.5 Å². The zero-order valence-electron chi connectivity index (χ0n) is 14.5. The SMILES string of the molecule is CC(C)(C)OC(=O)NCc1ccc2c(c1)N(CCC(=O)O)C(=O)CO2. The van der Waals surface area contributed by atoms with E-state index in [0.717, 1.165) is 5.56 Å². The van der Waals surface area contributed by atoms with E-state index in [1.807, 2.05) is 0 Å². The fraction of sp³-hybridized carbons (Fsp3) is 0.471. The molecule has 0 unspecified atom stereocenters. The molecule has 1 heterocycles. The highest BCUT2D eigenvalue weighted by molar-refractivity contribution is 5.98. The predicted molar refractivity (Wildman–Crippen MR) is 89.6 cm³/mol. The van der Waals surface area contributed by atoms with E-state index in [0.29, 0.717) is 11.4 Å². The molecule has 1 aromatic carbocycles. The van der Waals surface area contributed by atoms with Crippen molar-refractivity contribution in [3.63, 3.8) is 0 Å². The number of hydrogen-bond acceptors (Lipinski definition) is 5. The number of carbonyl (C=O) groups is 3. The summed E-state index contributed by atoms with van der Waals surface area (Å²) in [6.45, 7) is 5.47. The Hall–Kier alpha value is -2.77. The molecule has 8 nitrogen and oxygen atoms in total. The maximum absolute atomic E-state index is 12.0. The fourth-order valence-corrected chi connectivity index (χ4v) is 2.30. The molecular weight excluding hydrogens is 328 g/mol. The highest BCUT2D eigenvalue weighted by atomic mass is 16.6. The molecule has 25 heavy (non-hydrogen) atoms. The normalized spacial score (nSPS) is 13.7. The first-order valence-electron chi connectivity index (χ1n) is 7.90. The average molecular weight is 350 g/mol. The summed E-state index contributed by atoms with van der Waals surface area (Å²) in [7, 11) is 0. The second-order valence-electron chi connectivity index (χ2n) is 6.64. The molecule has 0 radical (unpaired) electrons. The summed E-state index contributed by atoms with van der Waals surface area (Å²) >= 11 is 0. The van der Waals surface area contributed by atoms with Gasteiger partial charge in [-0.25, -0.2) is 4.79 Å². The number of nitrogens with zero attached hydrogens (tertiary/aromatic N) is 1. The van der Waals surface area contributed by atoms with Crippen LogP contribution in [-0.2, 0) is 20.9 Å². The number of benzene rings is 1. The summed E-state index contributed by atoms with van der Waals surface area (Å²) < 4.78 is 10.5. The van der Waals surface area contributed by atoms with Crippen molar-refractivity contribution in [1.82, 2.24) is 5.32 Å². The predicted octanol–water partition coefficient (Wildman–Crippen LogP) is 1.91. The molecule has 1 aliphatic heterocycles. The van der Waals surface area contributed by atoms with Crippen LogP contribution in [0.5, 0.6) is 5.75 Å². The number of fused-ring (bicyclic) bond motifs is 1. The first kappa shape index (κ1) is 18.6. The Labute approximate surface area is 145 Å². The fourth-order valence-electron chi connectivity index (χ4n) is 2.30. The lowest BCUT2D eigenvalue weighted by molar-refractivity contribution is -0.136. The first-order valence-corrected chi connectivity index (χ1v) is 7.90. The summed E-state index contributed by atoms with van der Waals surface area (Å²) in [6, 6.07) is 5.16. The summed E-state index contributed by atoms with van der Waals surface area (Å²) in [6.07, 6.45) is -0.703. The largest absolute Gasteiger partial charge is 0.482 e. The molecule has 1 aromatic rings. The van der Waals surface area contributed by atoms with E-state index in [4.69, 9.17) is 14.6 Å². The monoisotopic (exact) mass is 350 g/mol. The topological polar surface area (TPSA) is 105 Å². The van der Waals surface area contributed by atoms with Gasteiger partial charge in [0.2, 0.25) is 0 Å². The molecule has 2 N–H and O–H groups in total. The summed E-state index contributed by atoms with van der Waals surface area (Å²) in [5, 5.41) is 11.5. The van der Waals surface area contributed by atoms with E-state index in [9.17, 15) is 14.4 Å². The smallest absolute Gasteiger partial charge is 0.407 e. The molecule has 0 saturated carbocycles. The lowest BCUT2D eigenvalue weighted by atomic mass is 10.1. The maximum atomic E-state index is 12.0. The zero-order valence-corrected chi connectivity index (χ0v) is 14.5. The third kappa shape index (κ3) is 5.37. The molecule has 0 atom stereocenters. The van der Waals surface area contributed by atoms with E-state index in [1.165, 1.54) is 4.90 Å². The lowest BCUT2D eigenvalue weighted by Crippen LogP contribution is -2.40. The van der Waals surface area contributed by atoms with Crippen LogP contribution in [0.3, 0.4) is 0 Å². The van der Waals surface area contributed by atoms with Gasteiger partial charge in [-0.1, -0.05) is 6.07 Å². The Morgan fingerprint density at radius 2 is 2.08 bits per heavy atom. The van der Waals surface area contributed by atoms with Crippen molar-refractivity contribution >= 4 is 23.7 Å². The minimum atomic E-state index is -0.983. The van der Waals surface area contributed by atoms with Crippen molar-refractivity contribution < 1.29 is 29.0 Å². The van der Waals surface area contributed by atoms with Crippen LogP contribution in [0.25, 0.3) is 0 Å². The van der Waals surface area contributed by atoms with Gasteiger partial charge >= 0.3 is 12.1 Å². The standard InChI is InChI=1S/C17H22N2O6/c1-17(2,3)25-16(23)18-9-11-4-5-13-12(8-11)19(7-6-15(21)22)14(20)10-24-13/h4-5,8H,6-7,9-10H2,1-3H3,(H,18,23)(H,21,22). The molecule has 0 aliphatic carbocycles. The Morgan fingerprint density at radius 1 is 1.36 bits per heavy atom. The van der Waals surface area contributed by atoms with Gasteiger partial charge in [-0.15, -0.1) is 0 Å². The van der Waals surface area contributed by atoms with Crippen molar-refractivity contribution in [2.24, 2.45) is 0 Å². The summed E-state index contributed by atoms with van der Waals surface area (Å²) in [5.74, 6) is -0.777. The van der Waals surface area contributed by atoms with Gasteiger partial charge in [0.25, 0.3) is 5.91 Å². The highest BCUT2D eigenvalue weighted by Gasteiger charge is 2.26. The minimum Gasteiger partial charge on any atom is -0.482 e. The molecule has 2 rings (SSSR count). The van der Waals surface area contributed by atoms with Gasteiger partial charge < -0.3 is 24.8 Å². The van der Waals surface area contributed by atoms with Crippen LogP contribution in [0.2, 0.25) is 0 Å². The van der Waals surface area contributed by atoms with Crippen LogP contribution in [0.15, 0.2) is 18.2 Å². The van der Waals surface area contributed by atoms with Crippen molar-refractivity contribution in [2.75, 3.05) is 18.1 Å². The van der Waals surface area contributed by atoms with Crippen LogP contribution < -0.4 is 15.0 Å². The van der Waals surface area contributed by atoms with E-state index in [-0.39, 0.29) is 32.0 Å². The second-order valence-corrected chi connectivity index (χ2v) is 6.64. The van der Waals surface area contributed by atoms with E-state index < -0.39 is 17.7 Å². The van der Waals surface area contributed by atoms with Crippen LogP contribution in [-0.4, -0.2) is 41.8 Å². The molecule has 2 amide bonds. The summed E-state index contributed by atoms with van der Waals surface area (Å²) in [5.41, 5.74) is 0.651. The molecule has 8 heteroatoms.